The van der Waals surface area contributed by atoms with Gasteiger partial charge in [0.2, 0.25) is 0 Å². The van der Waals surface area contributed by atoms with E-state index < -0.39 is 0 Å². The van der Waals surface area contributed by atoms with Gasteiger partial charge in [-0.2, -0.15) is 0 Å². The van der Waals surface area contributed by atoms with Gasteiger partial charge >= 0.3 is 0 Å². The number of aryl methyl sites for hydroxylation is 4. The number of aromatic nitrogens is 8. The lowest BCUT2D eigenvalue weighted by Crippen LogP contribution is -1.94. The smallest absolute Gasteiger partial charge is 0.0547 e. The molecule has 8 heteroatoms. The summed E-state index contributed by atoms with van der Waals surface area (Å²) in [5, 5.41) is 20.5. The van der Waals surface area contributed by atoms with Gasteiger partial charge in [-0.05, 0) is 265 Å². The fourth-order valence-corrected chi connectivity index (χ4v) is 23.8. The summed E-state index contributed by atoms with van der Waals surface area (Å²) in [6, 6.07) is 194. The van der Waals surface area contributed by atoms with Gasteiger partial charge in [0.05, 0.1) is 77.2 Å². The summed E-state index contributed by atoms with van der Waals surface area (Å²) in [6.45, 7) is 6.43. The molecule has 8 nitrogen and oxygen atoms in total. The summed E-state index contributed by atoms with van der Waals surface area (Å²) in [5.41, 5.74) is 41.6. The summed E-state index contributed by atoms with van der Waals surface area (Å²) in [4.78, 5) is 0. The van der Waals surface area contributed by atoms with Gasteiger partial charge in [-0.1, -0.05) is 351 Å². The molecular formula is C142H100N8. The topological polar surface area (TPSA) is 39.4 Å². The van der Waals surface area contributed by atoms with Gasteiger partial charge < -0.3 is 36.5 Å². The maximum absolute atomic E-state index is 2.40. The Morgan fingerprint density at radius 1 is 0.107 bits per heavy atom. The Balaban J connectivity index is 0.0000000962. The van der Waals surface area contributed by atoms with Crippen LogP contribution in [0.1, 0.15) is 16.7 Å². The highest BCUT2D eigenvalue weighted by molar-refractivity contribution is 6.18. The summed E-state index contributed by atoms with van der Waals surface area (Å²) >= 11 is 0. The van der Waals surface area contributed by atoms with Crippen molar-refractivity contribution in [2.45, 2.75) is 20.8 Å². The molecule has 0 aliphatic rings. The predicted octanol–water partition coefficient (Wildman–Crippen LogP) is 37.7. The van der Waals surface area contributed by atoms with Gasteiger partial charge in [0, 0.05) is 144 Å². The van der Waals surface area contributed by atoms with Crippen LogP contribution in [0, 0.1) is 20.8 Å². The van der Waals surface area contributed by atoms with E-state index in [9.17, 15) is 0 Å². The molecule has 0 N–H and O–H groups in total. The molecule has 31 aromatic rings. The van der Waals surface area contributed by atoms with Gasteiger partial charge in [-0.3, -0.25) is 0 Å². The van der Waals surface area contributed by atoms with Crippen LogP contribution in [0.2, 0.25) is 0 Å². The van der Waals surface area contributed by atoms with Crippen LogP contribution in [0.25, 0.3) is 259 Å². The second-order valence-corrected chi connectivity index (χ2v) is 39.8. The average Bonchev–Trinajstić information content (AvgIpc) is 1.59. The molecule has 0 aliphatic carbocycles. The molecule has 0 aliphatic heterocycles. The van der Waals surface area contributed by atoms with Crippen molar-refractivity contribution in [3.63, 3.8) is 0 Å². The molecule has 0 saturated carbocycles. The molecular weight excluding hydrogens is 1820 g/mol. The van der Waals surface area contributed by atoms with Gasteiger partial charge in [-0.15, -0.1) is 0 Å². The molecule has 0 amide bonds. The van der Waals surface area contributed by atoms with Crippen molar-refractivity contribution in [2.24, 2.45) is 7.05 Å². The van der Waals surface area contributed by atoms with Crippen LogP contribution in [-0.2, 0) is 7.05 Å². The predicted molar refractivity (Wildman–Crippen MR) is 636 cm³/mol. The second kappa shape index (κ2) is 36.3. The molecule has 0 fully saturated rings. The first-order chi connectivity index (χ1) is 74.1. The molecule has 150 heavy (non-hydrogen) atoms. The molecule has 0 bridgehead atoms. The number of fused-ring (bicyclic) bond motifs is 24. The lowest BCUT2D eigenvalue weighted by molar-refractivity contribution is 1.01. The van der Waals surface area contributed by atoms with Gasteiger partial charge in [0.15, 0.2) is 0 Å². The van der Waals surface area contributed by atoms with Crippen molar-refractivity contribution in [1.29, 1.82) is 0 Å². The van der Waals surface area contributed by atoms with E-state index in [2.05, 4.69) is 598 Å². The molecule has 0 spiro atoms. The highest BCUT2D eigenvalue weighted by Gasteiger charge is 2.24. The van der Waals surface area contributed by atoms with E-state index in [0.717, 1.165) is 0 Å². The van der Waals surface area contributed by atoms with Gasteiger partial charge in [0.25, 0.3) is 0 Å². The monoisotopic (exact) mass is 1920 g/mol. The highest BCUT2D eigenvalue weighted by atomic mass is 15.0. The first-order valence-corrected chi connectivity index (χ1v) is 51.7. The number of benzene rings is 23. The van der Waals surface area contributed by atoms with E-state index in [-0.39, 0.29) is 0 Å². The van der Waals surface area contributed by atoms with Crippen molar-refractivity contribution in [3.8, 4) is 84.3 Å². The van der Waals surface area contributed by atoms with E-state index in [1.54, 1.807) is 0 Å². The molecule has 0 atom stereocenters. The normalized spacial score (nSPS) is 11.7. The van der Waals surface area contributed by atoms with Crippen molar-refractivity contribution in [1.82, 2.24) is 36.5 Å². The Bertz CT molecular complexity index is 10800. The number of para-hydroxylation sites is 12. The Morgan fingerprint density at radius 2 is 0.293 bits per heavy atom. The Labute approximate surface area is 867 Å². The summed E-state index contributed by atoms with van der Waals surface area (Å²) < 4.78 is 19.0. The maximum atomic E-state index is 2.40. The number of hydrogen-bond acceptors (Lipinski definition) is 0. The van der Waals surface area contributed by atoms with Crippen LogP contribution in [0.5, 0.6) is 0 Å². The fraction of sp³-hybridized carbons (Fsp3) is 0.0282. The minimum atomic E-state index is 1.18. The molecule has 0 saturated heterocycles. The number of rotatable bonds is 11. The maximum Gasteiger partial charge on any atom is 0.0547 e. The first kappa shape index (κ1) is 88.2. The zero-order valence-electron chi connectivity index (χ0n) is 83.4. The molecule has 23 aromatic carbocycles. The SMILES string of the molecule is Cc1ccc(-n2c3ccccc3c3cc(-c4ccc5c(c4)c4ccccc4n5-c4ccccc4)ccc32)cc1.Cc1ccc(-n2c3ccccc3c3ccc(-c4ccc5c6ccccc6n(-c6ccccc6)c5c4)cc32)cc1.Cc1cccc(-n2c3ccccc3c3ccc(-c4ccc5c6ccccc6n(-c6ccccc6)c5c4)cc32)c1.Cn1c2ccccc2c2ccc(-c3ccc4c5ccccc5n(-c5ccccc5)c4c3)cc21. The molecule has 708 valence electrons. The van der Waals surface area contributed by atoms with E-state index >= 15 is 0 Å². The fourth-order valence-electron chi connectivity index (χ4n) is 23.8. The second-order valence-electron chi connectivity index (χ2n) is 39.8. The first-order valence-electron chi connectivity index (χ1n) is 51.7. The zero-order valence-corrected chi connectivity index (χ0v) is 83.4. The van der Waals surface area contributed by atoms with Crippen LogP contribution in [0.4, 0.5) is 0 Å². The van der Waals surface area contributed by atoms with Crippen molar-refractivity contribution in [2.75, 3.05) is 0 Å². The van der Waals surface area contributed by atoms with E-state index in [4.69, 9.17) is 0 Å². The Kier molecular flexibility index (Phi) is 21.4. The number of nitrogens with zero attached hydrogens (tertiary/aromatic N) is 8. The van der Waals surface area contributed by atoms with Gasteiger partial charge in [0.1, 0.15) is 0 Å². The summed E-state index contributed by atoms with van der Waals surface area (Å²) in [5.74, 6) is 0. The third kappa shape index (κ3) is 14.9. The van der Waals surface area contributed by atoms with Crippen LogP contribution in [-0.4, -0.2) is 36.5 Å². The van der Waals surface area contributed by atoms with Crippen molar-refractivity contribution < 1.29 is 0 Å². The largest absolute Gasteiger partial charge is 0.344 e. The average molecular weight is 1920 g/mol. The van der Waals surface area contributed by atoms with Crippen LogP contribution < -0.4 is 0 Å². The van der Waals surface area contributed by atoms with Crippen molar-refractivity contribution >= 4 is 174 Å². The van der Waals surface area contributed by atoms with Gasteiger partial charge in [-0.25, -0.2) is 0 Å². The standard InChI is InChI=1S/3C37H26N2.C31H22N2/c1-25-10-9-13-29(22-25)39-35-17-8-6-15-31(35)33-21-19-27(24-37(33)39)26-18-20-32-30-14-5-7-16-34(30)38(36(32)23-26)28-11-3-2-4-12-28;1-25-15-19-29(20-16-25)39-35-14-8-6-12-31(35)33-24-27(18-22-37(33)39)26-17-21-36-32(23-26)30-11-5-7-13-34(30)38(36)28-9-3-2-4-10-28;1-25-15-19-29(20-16-25)39-35-14-8-6-12-31(35)33-22-18-27(24-37(33)39)26-17-21-32-30-11-5-7-13-34(30)38(36(32)23-26)28-9-3-2-4-10-28;1-32-28-13-7-5-11-24(28)26-17-15-21(19-30(26)32)22-16-18-27-25-12-6-8-14-29(25)33(31(27)20-22)23-9-3-2-4-10-23/h3*2-24H,1H3;2-20H,1H3. The van der Waals surface area contributed by atoms with Crippen LogP contribution in [0.3, 0.4) is 0 Å². The minimum Gasteiger partial charge on any atom is -0.344 e. The molecule has 31 rings (SSSR count). The number of hydrogen-bond donors (Lipinski definition) is 0. The van der Waals surface area contributed by atoms with Crippen LogP contribution >= 0.6 is 0 Å². The quantitative estimate of drug-likeness (QED) is 0.124. The molecule has 8 aromatic heterocycles. The molecule has 0 radical (unpaired) electrons. The molecule has 0 unspecified atom stereocenters. The lowest BCUT2D eigenvalue weighted by atomic mass is 10.0. The zero-order chi connectivity index (χ0) is 99.7. The third-order valence-electron chi connectivity index (χ3n) is 30.9. The Hall–Kier alpha value is -19.5. The van der Waals surface area contributed by atoms with E-state index in [0.29, 0.717) is 0 Å². The van der Waals surface area contributed by atoms with Crippen molar-refractivity contribution in [3.05, 3.63) is 551 Å². The lowest BCUT2D eigenvalue weighted by Gasteiger charge is -2.11. The molecule has 8 heterocycles. The minimum absolute atomic E-state index is 1.18. The highest BCUT2D eigenvalue weighted by Crippen LogP contribution is 2.46. The summed E-state index contributed by atoms with van der Waals surface area (Å²) in [7, 11) is 2.16. The summed E-state index contributed by atoms with van der Waals surface area (Å²) in [6.07, 6.45) is 0. The van der Waals surface area contributed by atoms with E-state index in [1.165, 1.54) is 275 Å². The third-order valence-corrected chi connectivity index (χ3v) is 30.9. The van der Waals surface area contributed by atoms with Crippen LogP contribution in [0.15, 0.2) is 534 Å². The van der Waals surface area contributed by atoms with E-state index in [1.807, 2.05) is 0 Å². The Morgan fingerprint density at radius 3 is 0.573 bits per heavy atom.